The number of aryl methyl sites for hydroxylation is 1. The highest BCUT2D eigenvalue weighted by atomic mass is 79.9. The lowest BCUT2D eigenvalue weighted by Crippen LogP contribution is -2.27. The molecule has 2 bridgehead atoms. The van der Waals surface area contributed by atoms with E-state index >= 15 is 0 Å². The summed E-state index contributed by atoms with van der Waals surface area (Å²) in [5.41, 5.74) is 0.903. The second-order valence-corrected chi connectivity index (χ2v) is 6.39. The zero-order valence-corrected chi connectivity index (χ0v) is 12.0. The second-order valence-electron chi connectivity index (χ2n) is 5.53. The molecule has 3 atom stereocenters. The molecule has 3 unspecified atom stereocenters. The number of hydrogen-bond acceptors (Lipinski definition) is 2. The molecule has 96 valence electrons. The predicted octanol–water partition coefficient (Wildman–Crippen LogP) is 3.53. The maximum absolute atomic E-state index is 12.2. The van der Waals surface area contributed by atoms with E-state index < -0.39 is 0 Å². The first-order valence-corrected chi connectivity index (χ1v) is 7.37. The number of aromatic nitrogens is 1. The van der Waals surface area contributed by atoms with Gasteiger partial charge in [0.1, 0.15) is 5.82 Å². The van der Waals surface area contributed by atoms with Crippen LogP contribution in [0, 0.1) is 24.7 Å². The number of nitrogens with one attached hydrogen (secondary N) is 1. The highest BCUT2D eigenvalue weighted by Crippen LogP contribution is 2.48. The van der Waals surface area contributed by atoms with Gasteiger partial charge in [0.2, 0.25) is 5.91 Å². The molecule has 1 N–H and O–H groups in total. The number of anilines is 1. The fourth-order valence-electron chi connectivity index (χ4n) is 3.40. The van der Waals surface area contributed by atoms with Crippen LogP contribution in [0.4, 0.5) is 5.82 Å². The summed E-state index contributed by atoms with van der Waals surface area (Å²) >= 11 is 3.41. The van der Waals surface area contributed by atoms with Crippen molar-refractivity contribution in [2.45, 2.75) is 32.6 Å². The van der Waals surface area contributed by atoms with Crippen LogP contribution in [0.3, 0.4) is 0 Å². The molecule has 2 saturated carbocycles. The molecule has 3 rings (SSSR count). The van der Waals surface area contributed by atoms with Gasteiger partial charge in [-0.05, 0) is 66.1 Å². The number of carbonyl (C=O) groups is 1. The van der Waals surface area contributed by atoms with E-state index in [9.17, 15) is 4.79 Å². The highest BCUT2D eigenvalue weighted by Gasteiger charge is 2.43. The molecular weight excluding hydrogens is 292 g/mol. The molecule has 2 fully saturated rings. The molecule has 3 nitrogen and oxygen atoms in total. The largest absolute Gasteiger partial charge is 0.310 e. The Morgan fingerprint density at radius 1 is 1.39 bits per heavy atom. The molecule has 0 radical (unpaired) electrons. The van der Waals surface area contributed by atoms with Gasteiger partial charge in [-0.25, -0.2) is 4.98 Å². The van der Waals surface area contributed by atoms with E-state index in [-0.39, 0.29) is 11.8 Å². The van der Waals surface area contributed by atoms with Gasteiger partial charge in [0, 0.05) is 10.4 Å². The number of rotatable bonds is 2. The molecule has 4 heteroatoms. The van der Waals surface area contributed by atoms with Crippen LogP contribution < -0.4 is 5.32 Å². The Morgan fingerprint density at radius 2 is 2.22 bits per heavy atom. The molecule has 0 aliphatic heterocycles. The van der Waals surface area contributed by atoms with Crippen molar-refractivity contribution in [2.75, 3.05) is 5.32 Å². The van der Waals surface area contributed by atoms with Crippen LogP contribution in [0.15, 0.2) is 16.6 Å². The van der Waals surface area contributed by atoms with E-state index in [0.717, 1.165) is 22.5 Å². The summed E-state index contributed by atoms with van der Waals surface area (Å²) in [5, 5.41) is 2.97. The second kappa shape index (κ2) is 4.65. The minimum atomic E-state index is 0.163. The Morgan fingerprint density at radius 3 is 2.83 bits per heavy atom. The number of amides is 1. The van der Waals surface area contributed by atoms with Crippen molar-refractivity contribution in [3.05, 3.63) is 22.3 Å². The maximum Gasteiger partial charge on any atom is 0.228 e. The monoisotopic (exact) mass is 308 g/mol. The van der Waals surface area contributed by atoms with Crippen molar-refractivity contribution in [3.8, 4) is 0 Å². The molecule has 1 amide bonds. The summed E-state index contributed by atoms with van der Waals surface area (Å²) in [6.07, 6.45) is 4.89. The standard InChI is InChI=1S/C14H17BrN2O/c1-8-12(15)4-5-13(16-8)17-14(18)11-7-9-2-3-10(11)6-9/h4-5,9-11H,2-3,6-7H2,1H3,(H,16,17,18). The Bertz CT molecular complexity index is 489. The normalized spacial score (nSPS) is 29.6. The molecular formula is C14H17BrN2O. The molecule has 18 heavy (non-hydrogen) atoms. The topological polar surface area (TPSA) is 42.0 Å². The van der Waals surface area contributed by atoms with Crippen LogP contribution in [0.1, 0.15) is 31.4 Å². The quantitative estimate of drug-likeness (QED) is 0.908. The van der Waals surface area contributed by atoms with Crippen molar-refractivity contribution in [2.24, 2.45) is 17.8 Å². The summed E-state index contributed by atoms with van der Waals surface area (Å²) in [7, 11) is 0. The minimum Gasteiger partial charge on any atom is -0.310 e. The average molecular weight is 309 g/mol. The first-order chi connectivity index (χ1) is 8.63. The third kappa shape index (κ3) is 2.18. The summed E-state index contributed by atoms with van der Waals surface area (Å²) in [6, 6.07) is 3.78. The third-order valence-corrected chi connectivity index (χ3v) is 5.19. The molecule has 0 aromatic carbocycles. The minimum absolute atomic E-state index is 0.163. The van der Waals surface area contributed by atoms with Gasteiger partial charge in [-0.3, -0.25) is 4.79 Å². The molecule has 1 aromatic rings. The van der Waals surface area contributed by atoms with Gasteiger partial charge in [-0.1, -0.05) is 6.42 Å². The number of carbonyl (C=O) groups excluding carboxylic acids is 1. The molecule has 2 aliphatic rings. The predicted molar refractivity (Wildman–Crippen MR) is 74.2 cm³/mol. The van der Waals surface area contributed by atoms with E-state index in [0.29, 0.717) is 11.7 Å². The van der Waals surface area contributed by atoms with Crippen molar-refractivity contribution in [3.63, 3.8) is 0 Å². The lowest BCUT2D eigenvalue weighted by molar-refractivity contribution is -0.121. The van der Waals surface area contributed by atoms with Gasteiger partial charge >= 0.3 is 0 Å². The van der Waals surface area contributed by atoms with E-state index in [1.165, 1.54) is 19.3 Å². The van der Waals surface area contributed by atoms with E-state index in [4.69, 9.17) is 0 Å². The van der Waals surface area contributed by atoms with Gasteiger partial charge in [0.05, 0.1) is 5.69 Å². The van der Waals surface area contributed by atoms with Gasteiger partial charge in [0.25, 0.3) is 0 Å². The molecule has 2 aliphatic carbocycles. The first kappa shape index (κ1) is 12.2. The van der Waals surface area contributed by atoms with Crippen LogP contribution >= 0.6 is 15.9 Å². The van der Waals surface area contributed by atoms with Crippen molar-refractivity contribution in [1.82, 2.24) is 4.98 Å². The van der Waals surface area contributed by atoms with Crippen LogP contribution in [-0.2, 0) is 4.79 Å². The smallest absolute Gasteiger partial charge is 0.228 e. The van der Waals surface area contributed by atoms with Gasteiger partial charge in [-0.15, -0.1) is 0 Å². The van der Waals surface area contributed by atoms with Crippen LogP contribution in [-0.4, -0.2) is 10.9 Å². The lowest BCUT2D eigenvalue weighted by Gasteiger charge is -2.20. The number of nitrogens with zero attached hydrogens (tertiary/aromatic N) is 1. The highest BCUT2D eigenvalue weighted by molar-refractivity contribution is 9.10. The van der Waals surface area contributed by atoms with E-state index in [2.05, 4.69) is 26.2 Å². The number of fused-ring (bicyclic) bond motifs is 2. The third-order valence-electron chi connectivity index (χ3n) is 4.35. The Balaban J connectivity index is 1.69. The molecule has 0 saturated heterocycles. The fourth-order valence-corrected chi connectivity index (χ4v) is 3.62. The van der Waals surface area contributed by atoms with Crippen molar-refractivity contribution in [1.29, 1.82) is 0 Å². The first-order valence-electron chi connectivity index (χ1n) is 6.57. The van der Waals surface area contributed by atoms with Crippen LogP contribution in [0.2, 0.25) is 0 Å². The van der Waals surface area contributed by atoms with Crippen molar-refractivity contribution < 1.29 is 4.79 Å². The van der Waals surface area contributed by atoms with Crippen LogP contribution in [0.25, 0.3) is 0 Å². The lowest BCUT2D eigenvalue weighted by atomic mass is 9.88. The van der Waals surface area contributed by atoms with E-state index in [1.807, 2.05) is 19.1 Å². The SMILES string of the molecule is Cc1nc(NC(=O)C2CC3CCC2C3)ccc1Br. The van der Waals surface area contributed by atoms with Gasteiger partial charge in [-0.2, -0.15) is 0 Å². The summed E-state index contributed by atoms with van der Waals surface area (Å²) in [4.78, 5) is 16.6. The Hall–Kier alpha value is -0.900. The fraction of sp³-hybridized carbons (Fsp3) is 0.571. The van der Waals surface area contributed by atoms with Crippen LogP contribution in [0.5, 0.6) is 0 Å². The maximum atomic E-state index is 12.2. The summed E-state index contributed by atoms with van der Waals surface area (Å²) in [5.74, 6) is 2.46. The number of pyridine rings is 1. The average Bonchev–Trinajstić information content (AvgIpc) is 2.96. The van der Waals surface area contributed by atoms with Gasteiger partial charge < -0.3 is 5.32 Å². The molecule has 1 heterocycles. The number of hydrogen-bond donors (Lipinski definition) is 1. The van der Waals surface area contributed by atoms with Crippen molar-refractivity contribution >= 4 is 27.7 Å². The molecule has 0 spiro atoms. The Kier molecular flexibility index (Phi) is 3.14. The zero-order valence-electron chi connectivity index (χ0n) is 10.4. The summed E-state index contributed by atoms with van der Waals surface area (Å²) < 4.78 is 0.973. The van der Waals surface area contributed by atoms with Gasteiger partial charge in [0.15, 0.2) is 0 Å². The summed E-state index contributed by atoms with van der Waals surface area (Å²) in [6.45, 7) is 1.93. The molecule has 1 aromatic heterocycles. The zero-order chi connectivity index (χ0) is 12.7. The van der Waals surface area contributed by atoms with E-state index in [1.54, 1.807) is 0 Å². The Labute approximate surface area is 116 Å². The number of halogens is 1.